The SMILES string of the molecule is CC(N)CC(=O)Nc1ccc2c(c1)OC(F)(F)O2. The molecule has 0 fully saturated rings. The molecule has 1 atom stereocenters. The molecule has 7 heteroatoms. The number of ether oxygens (including phenoxy) is 2. The fourth-order valence-corrected chi connectivity index (χ4v) is 1.53. The summed E-state index contributed by atoms with van der Waals surface area (Å²) in [5.74, 6) is -0.473. The lowest BCUT2D eigenvalue weighted by Crippen LogP contribution is -2.26. The van der Waals surface area contributed by atoms with Gasteiger partial charge in [-0.15, -0.1) is 8.78 Å². The van der Waals surface area contributed by atoms with Gasteiger partial charge in [-0.3, -0.25) is 4.79 Å². The molecule has 1 amide bonds. The monoisotopic (exact) mass is 258 g/mol. The number of amides is 1. The van der Waals surface area contributed by atoms with Gasteiger partial charge in [0.25, 0.3) is 0 Å². The molecule has 18 heavy (non-hydrogen) atoms. The smallest absolute Gasteiger partial charge is 0.395 e. The van der Waals surface area contributed by atoms with Crippen LogP contribution >= 0.6 is 0 Å². The van der Waals surface area contributed by atoms with Gasteiger partial charge in [-0.1, -0.05) is 0 Å². The van der Waals surface area contributed by atoms with E-state index in [2.05, 4.69) is 14.8 Å². The largest absolute Gasteiger partial charge is 0.586 e. The van der Waals surface area contributed by atoms with Crippen molar-refractivity contribution >= 4 is 11.6 Å². The lowest BCUT2D eigenvalue weighted by atomic mass is 10.2. The number of hydrogen-bond donors (Lipinski definition) is 2. The van der Waals surface area contributed by atoms with Crippen LogP contribution in [-0.2, 0) is 4.79 Å². The van der Waals surface area contributed by atoms with Gasteiger partial charge in [-0.05, 0) is 19.1 Å². The molecule has 0 saturated heterocycles. The van der Waals surface area contributed by atoms with Crippen LogP contribution < -0.4 is 20.5 Å². The number of carbonyl (C=O) groups is 1. The molecule has 1 aromatic rings. The molecule has 98 valence electrons. The fraction of sp³-hybridized carbons (Fsp3) is 0.364. The Labute approximate surface area is 102 Å². The van der Waals surface area contributed by atoms with Gasteiger partial charge in [-0.2, -0.15) is 0 Å². The van der Waals surface area contributed by atoms with E-state index in [1.807, 2.05) is 0 Å². The summed E-state index contributed by atoms with van der Waals surface area (Å²) in [6.07, 6.45) is -3.51. The summed E-state index contributed by atoms with van der Waals surface area (Å²) in [6, 6.07) is 3.75. The third kappa shape index (κ3) is 2.86. The first-order valence-corrected chi connectivity index (χ1v) is 5.31. The summed E-state index contributed by atoms with van der Waals surface area (Å²) < 4.78 is 34.0. The van der Waals surface area contributed by atoms with Crippen molar-refractivity contribution in [2.45, 2.75) is 25.7 Å². The Kier molecular flexibility index (Phi) is 3.08. The van der Waals surface area contributed by atoms with E-state index in [9.17, 15) is 13.6 Å². The zero-order valence-electron chi connectivity index (χ0n) is 9.57. The lowest BCUT2D eigenvalue weighted by molar-refractivity contribution is -0.286. The first-order valence-electron chi connectivity index (χ1n) is 5.31. The summed E-state index contributed by atoms with van der Waals surface area (Å²) >= 11 is 0. The Balaban J connectivity index is 2.07. The Hall–Kier alpha value is -1.89. The topological polar surface area (TPSA) is 73.6 Å². The van der Waals surface area contributed by atoms with E-state index in [-0.39, 0.29) is 29.9 Å². The van der Waals surface area contributed by atoms with Crippen molar-refractivity contribution in [1.29, 1.82) is 0 Å². The normalized spacial score (nSPS) is 17.3. The number of alkyl halides is 2. The maximum atomic E-state index is 12.8. The number of hydrogen-bond acceptors (Lipinski definition) is 4. The molecule has 1 heterocycles. The van der Waals surface area contributed by atoms with Gasteiger partial charge in [0.2, 0.25) is 5.91 Å². The standard InChI is InChI=1S/C11H12F2N2O3/c1-6(14)4-10(16)15-7-2-3-8-9(5-7)18-11(12,13)17-8/h2-3,5-6H,4,14H2,1H3,(H,15,16). The van der Waals surface area contributed by atoms with Crippen molar-refractivity contribution in [2.75, 3.05) is 5.32 Å². The van der Waals surface area contributed by atoms with Crippen molar-refractivity contribution in [1.82, 2.24) is 0 Å². The molecular formula is C11H12F2N2O3. The zero-order valence-corrected chi connectivity index (χ0v) is 9.57. The molecule has 1 aliphatic heterocycles. The van der Waals surface area contributed by atoms with E-state index in [0.717, 1.165) is 0 Å². The fourth-order valence-electron chi connectivity index (χ4n) is 1.53. The summed E-state index contributed by atoms with van der Waals surface area (Å²) in [4.78, 5) is 11.4. The second kappa shape index (κ2) is 4.41. The van der Waals surface area contributed by atoms with Crippen molar-refractivity contribution in [2.24, 2.45) is 5.73 Å². The highest BCUT2D eigenvalue weighted by Crippen LogP contribution is 2.42. The van der Waals surface area contributed by atoms with Crippen molar-refractivity contribution in [3.63, 3.8) is 0 Å². The zero-order chi connectivity index (χ0) is 13.3. The van der Waals surface area contributed by atoms with Crippen LogP contribution in [0.15, 0.2) is 18.2 Å². The second-order valence-corrected chi connectivity index (χ2v) is 4.06. The molecule has 0 aliphatic carbocycles. The van der Waals surface area contributed by atoms with E-state index >= 15 is 0 Å². The van der Waals surface area contributed by atoms with E-state index in [1.165, 1.54) is 18.2 Å². The maximum Gasteiger partial charge on any atom is 0.586 e. The number of halogens is 2. The Morgan fingerprint density at radius 3 is 2.78 bits per heavy atom. The Bertz CT molecular complexity index is 477. The number of carbonyl (C=O) groups excluding carboxylic acids is 1. The summed E-state index contributed by atoms with van der Waals surface area (Å²) in [6.45, 7) is 1.69. The van der Waals surface area contributed by atoms with Crippen LogP contribution in [0.25, 0.3) is 0 Å². The maximum absolute atomic E-state index is 12.8. The molecule has 0 radical (unpaired) electrons. The minimum atomic E-state index is -3.66. The molecule has 3 N–H and O–H groups in total. The predicted molar refractivity (Wildman–Crippen MR) is 59.5 cm³/mol. The minimum Gasteiger partial charge on any atom is -0.395 e. The van der Waals surface area contributed by atoms with E-state index < -0.39 is 6.29 Å². The lowest BCUT2D eigenvalue weighted by Gasteiger charge is -2.07. The Morgan fingerprint density at radius 1 is 1.44 bits per heavy atom. The number of benzene rings is 1. The van der Waals surface area contributed by atoms with Gasteiger partial charge in [0.1, 0.15) is 0 Å². The molecule has 5 nitrogen and oxygen atoms in total. The third-order valence-corrected chi connectivity index (χ3v) is 2.19. The highest BCUT2D eigenvalue weighted by Gasteiger charge is 2.43. The van der Waals surface area contributed by atoms with Gasteiger partial charge in [0, 0.05) is 24.2 Å². The summed E-state index contributed by atoms with van der Waals surface area (Å²) in [7, 11) is 0. The van der Waals surface area contributed by atoms with E-state index in [0.29, 0.717) is 5.69 Å². The molecule has 0 aromatic heterocycles. The van der Waals surface area contributed by atoms with Crippen LogP contribution in [0.3, 0.4) is 0 Å². The average molecular weight is 258 g/mol. The average Bonchev–Trinajstić information content (AvgIpc) is 2.49. The van der Waals surface area contributed by atoms with Crippen LogP contribution in [-0.4, -0.2) is 18.2 Å². The Morgan fingerprint density at radius 2 is 2.11 bits per heavy atom. The van der Waals surface area contributed by atoms with E-state index in [4.69, 9.17) is 5.73 Å². The highest BCUT2D eigenvalue weighted by atomic mass is 19.3. The molecule has 2 rings (SSSR count). The molecule has 1 aliphatic rings. The molecule has 1 unspecified atom stereocenters. The van der Waals surface area contributed by atoms with Gasteiger partial charge < -0.3 is 20.5 Å². The first-order chi connectivity index (χ1) is 8.35. The van der Waals surface area contributed by atoms with Gasteiger partial charge in [0.15, 0.2) is 11.5 Å². The molecule has 0 spiro atoms. The molecule has 1 aromatic carbocycles. The van der Waals surface area contributed by atoms with Crippen LogP contribution in [0, 0.1) is 0 Å². The second-order valence-electron chi connectivity index (χ2n) is 4.06. The number of nitrogens with one attached hydrogen (secondary N) is 1. The first kappa shape index (κ1) is 12.6. The van der Waals surface area contributed by atoms with Crippen molar-refractivity contribution in [3.8, 4) is 11.5 Å². The molecule has 0 bridgehead atoms. The third-order valence-electron chi connectivity index (χ3n) is 2.19. The minimum absolute atomic E-state index is 0.0646. The van der Waals surface area contributed by atoms with Crippen LogP contribution in [0.1, 0.15) is 13.3 Å². The number of fused-ring (bicyclic) bond motifs is 1. The molecular weight excluding hydrogens is 246 g/mol. The van der Waals surface area contributed by atoms with Gasteiger partial charge >= 0.3 is 6.29 Å². The predicted octanol–water partition coefficient (Wildman–Crippen LogP) is 1.68. The number of anilines is 1. The van der Waals surface area contributed by atoms with Crippen molar-refractivity contribution < 1.29 is 23.0 Å². The molecule has 0 saturated carbocycles. The van der Waals surface area contributed by atoms with Crippen LogP contribution in [0.4, 0.5) is 14.5 Å². The van der Waals surface area contributed by atoms with Gasteiger partial charge in [0.05, 0.1) is 0 Å². The van der Waals surface area contributed by atoms with Gasteiger partial charge in [-0.25, -0.2) is 0 Å². The van der Waals surface area contributed by atoms with Crippen LogP contribution in [0.2, 0.25) is 0 Å². The van der Waals surface area contributed by atoms with Crippen molar-refractivity contribution in [3.05, 3.63) is 18.2 Å². The summed E-state index contributed by atoms with van der Waals surface area (Å²) in [5.41, 5.74) is 5.82. The number of nitrogens with two attached hydrogens (primary N) is 1. The number of rotatable bonds is 3. The summed E-state index contributed by atoms with van der Waals surface area (Å²) in [5, 5.41) is 2.53. The van der Waals surface area contributed by atoms with E-state index in [1.54, 1.807) is 6.92 Å². The van der Waals surface area contributed by atoms with Crippen LogP contribution in [0.5, 0.6) is 11.5 Å². The highest BCUT2D eigenvalue weighted by molar-refractivity contribution is 5.91. The quantitative estimate of drug-likeness (QED) is 0.865.